The summed E-state index contributed by atoms with van der Waals surface area (Å²) in [5.41, 5.74) is 1.48. The highest BCUT2D eigenvalue weighted by molar-refractivity contribution is 6.35. The molecule has 0 atom stereocenters. The van der Waals surface area contributed by atoms with Crippen molar-refractivity contribution in [3.63, 3.8) is 0 Å². The van der Waals surface area contributed by atoms with Gasteiger partial charge < -0.3 is 14.8 Å². The lowest BCUT2D eigenvalue weighted by Crippen LogP contribution is -2.26. The van der Waals surface area contributed by atoms with Gasteiger partial charge in [0.15, 0.2) is 11.5 Å². The number of halogens is 2. The number of nitriles is 1. The fourth-order valence-electron chi connectivity index (χ4n) is 2.37. The number of carbonyl (C=O) groups is 1. The van der Waals surface area contributed by atoms with Gasteiger partial charge in [-0.2, -0.15) is 5.26 Å². The zero-order valence-corrected chi connectivity index (χ0v) is 16.4. The number of ether oxygens (including phenoxy) is 2. The number of hydrogen-bond acceptors (Lipinski definition) is 4. The van der Waals surface area contributed by atoms with Crippen molar-refractivity contribution in [1.29, 1.82) is 5.26 Å². The Hall–Kier alpha value is -2.68. The Kier molecular flexibility index (Phi) is 7.54. The summed E-state index contributed by atoms with van der Waals surface area (Å²) >= 11 is 11.9. The van der Waals surface area contributed by atoms with Crippen LogP contribution in [0.1, 0.15) is 11.1 Å². The van der Waals surface area contributed by atoms with Crippen LogP contribution in [-0.2, 0) is 11.2 Å². The monoisotopic (exact) mass is 404 g/mol. The molecule has 7 heteroatoms. The molecular formula is C20H18Cl2N2O3. The fraction of sp³-hybridized carbons (Fsp3) is 0.200. The van der Waals surface area contributed by atoms with E-state index < -0.39 is 5.91 Å². The first-order chi connectivity index (χ1) is 13.0. The molecule has 140 valence electrons. The second-order valence-corrected chi connectivity index (χ2v) is 6.37. The van der Waals surface area contributed by atoms with Crippen molar-refractivity contribution in [2.45, 2.75) is 6.42 Å². The Bertz CT molecular complexity index is 905. The number of methoxy groups -OCH3 is 2. The first-order valence-electron chi connectivity index (χ1n) is 8.04. The summed E-state index contributed by atoms with van der Waals surface area (Å²) in [5.74, 6) is 0.792. The average molecular weight is 405 g/mol. The molecule has 0 aliphatic heterocycles. The average Bonchev–Trinajstić information content (AvgIpc) is 2.67. The Balaban J connectivity index is 2.01. The molecule has 0 aliphatic rings. The molecule has 5 nitrogen and oxygen atoms in total. The molecule has 0 saturated heterocycles. The molecule has 0 radical (unpaired) electrons. The fourth-order valence-corrected chi connectivity index (χ4v) is 2.84. The number of carbonyl (C=O) groups excluding carboxylic acids is 1. The maximum Gasteiger partial charge on any atom is 0.261 e. The highest BCUT2D eigenvalue weighted by Gasteiger charge is 2.11. The molecule has 2 aromatic rings. The number of benzene rings is 2. The molecule has 0 bridgehead atoms. The van der Waals surface area contributed by atoms with E-state index in [1.807, 2.05) is 18.2 Å². The molecule has 1 amide bonds. The van der Waals surface area contributed by atoms with Gasteiger partial charge in [0.1, 0.15) is 11.6 Å². The lowest BCUT2D eigenvalue weighted by atomic mass is 10.1. The summed E-state index contributed by atoms with van der Waals surface area (Å²) in [5, 5.41) is 12.8. The number of amides is 1. The second kappa shape index (κ2) is 9.86. The molecular weight excluding hydrogens is 387 g/mol. The molecule has 2 rings (SSSR count). The lowest BCUT2D eigenvalue weighted by Gasteiger charge is -2.10. The Morgan fingerprint density at radius 3 is 2.52 bits per heavy atom. The molecule has 27 heavy (non-hydrogen) atoms. The van der Waals surface area contributed by atoms with Crippen molar-refractivity contribution in [3.05, 3.63) is 63.1 Å². The van der Waals surface area contributed by atoms with Crippen molar-refractivity contribution in [2.75, 3.05) is 20.8 Å². The van der Waals surface area contributed by atoms with Gasteiger partial charge in [0.25, 0.3) is 5.91 Å². The van der Waals surface area contributed by atoms with Crippen LogP contribution in [0.25, 0.3) is 6.08 Å². The minimum absolute atomic E-state index is 0.0356. The zero-order chi connectivity index (χ0) is 19.8. The van der Waals surface area contributed by atoms with Gasteiger partial charge >= 0.3 is 0 Å². The largest absolute Gasteiger partial charge is 0.493 e. The molecule has 2 aromatic carbocycles. The Morgan fingerprint density at radius 1 is 1.15 bits per heavy atom. The molecule has 1 N–H and O–H groups in total. The standard InChI is InChI=1S/C20H18Cl2N2O3/c1-26-18-6-3-13(9-19(18)27-2)7-8-24-20(25)15(12-23)10-14-4-5-16(21)11-17(14)22/h3-6,9-11H,7-8H2,1-2H3,(H,24,25)/b15-10+. The quantitative estimate of drug-likeness (QED) is 0.552. The zero-order valence-electron chi connectivity index (χ0n) is 14.9. The van der Waals surface area contributed by atoms with Crippen molar-refractivity contribution >= 4 is 35.2 Å². The first-order valence-corrected chi connectivity index (χ1v) is 8.80. The summed E-state index contributed by atoms with van der Waals surface area (Å²) in [7, 11) is 3.13. The van der Waals surface area contributed by atoms with Crippen LogP contribution in [0.4, 0.5) is 0 Å². The third-order valence-electron chi connectivity index (χ3n) is 3.77. The van der Waals surface area contributed by atoms with E-state index >= 15 is 0 Å². The van der Waals surface area contributed by atoms with Gasteiger partial charge in [-0.25, -0.2) is 0 Å². The second-order valence-electron chi connectivity index (χ2n) is 5.53. The van der Waals surface area contributed by atoms with Crippen LogP contribution in [0.2, 0.25) is 10.0 Å². The lowest BCUT2D eigenvalue weighted by molar-refractivity contribution is -0.117. The molecule has 0 spiro atoms. The van der Waals surface area contributed by atoms with Crippen LogP contribution in [0.5, 0.6) is 11.5 Å². The van der Waals surface area contributed by atoms with Gasteiger partial charge in [0.2, 0.25) is 0 Å². The molecule has 0 saturated carbocycles. The smallest absolute Gasteiger partial charge is 0.261 e. The molecule has 0 unspecified atom stereocenters. The van der Waals surface area contributed by atoms with E-state index in [1.165, 1.54) is 6.08 Å². The predicted octanol–water partition coefficient (Wildman–Crippen LogP) is 4.28. The molecule has 0 fully saturated rings. The number of hydrogen-bond donors (Lipinski definition) is 1. The minimum atomic E-state index is -0.469. The van der Waals surface area contributed by atoms with Gasteiger partial charge in [-0.1, -0.05) is 35.3 Å². The summed E-state index contributed by atoms with van der Waals surface area (Å²) in [6.07, 6.45) is 2.01. The van der Waals surface area contributed by atoms with Crippen LogP contribution in [0.15, 0.2) is 42.0 Å². The van der Waals surface area contributed by atoms with Crippen LogP contribution in [0, 0.1) is 11.3 Å². The van der Waals surface area contributed by atoms with Crippen LogP contribution in [-0.4, -0.2) is 26.7 Å². The Labute approximate surface area is 168 Å². The van der Waals surface area contributed by atoms with Crippen molar-refractivity contribution in [2.24, 2.45) is 0 Å². The summed E-state index contributed by atoms with van der Waals surface area (Å²) in [6.45, 7) is 0.363. The summed E-state index contributed by atoms with van der Waals surface area (Å²) < 4.78 is 10.5. The van der Waals surface area contributed by atoms with Gasteiger partial charge in [-0.15, -0.1) is 0 Å². The molecule has 0 aromatic heterocycles. The predicted molar refractivity (Wildman–Crippen MR) is 106 cm³/mol. The van der Waals surface area contributed by atoms with Gasteiger partial charge in [0.05, 0.1) is 14.2 Å². The van der Waals surface area contributed by atoms with Crippen molar-refractivity contribution in [3.8, 4) is 17.6 Å². The highest BCUT2D eigenvalue weighted by Crippen LogP contribution is 2.27. The molecule has 0 heterocycles. The van der Waals surface area contributed by atoms with E-state index in [-0.39, 0.29) is 5.57 Å². The highest BCUT2D eigenvalue weighted by atomic mass is 35.5. The third-order valence-corrected chi connectivity index (χ3v) is 4.34. The van der Waals surface area contributed by atoms with E-state index in [9.17, 15) is 10.1 Å². The van der Waals surface area contributed by atoms with E-state index in [2.05, 4.69) is 5.32 Å². The summed E-state index contributed by atoms with van der Waals surface area (Å²) in [4.78, 5) is 12.3. The Morgan fingerprint density at radius 2 is 1.89 bits per heavy atom. The minimum Gasteiger partial charge on any atom is -0.493 e. The van der Waals surface area contributed by atoms with Crippen LogP contribution >= 0.6 is 23.2 Å². The van der Waals surface area contributed by atoms with E-state index in [0.29, 0.717) is 40.1 Å². The topological polar surface area (TPSA) is 71.3 Å². The van der Waals surface area contributed by atoms with Crippen molar-refractivity contribution < 1.29 is 14.3 Å². The number of rotatable bonds is 7. The maximum absolute atomic E-state index is 12.3. The van der Waals surface area contributed by atoms with E-state index in [1.54, 1.807) is 38.5 Å². The normalized spacial score (nSPS) is 10.9. The van der Waals surface area contributed by atoms with E-state index in [4.69, 9.17) is 32.7 Å². The van der Waals surface area contributed by atoms with Crippen LogP contribution in [0.3, 0.4) is 0 Å². The molecule has 0 aliphatic carbocycles. The number of nitrogens with zero attached hydrogens (tertiary/aromatic N) is 1. The SMILES string of the molecule is COc1ccc(CCNC(=O)/C(C#N)=C/c2ccc(Cl)cc2Cl)cc1OC. The maximum atomic E-state index is 12.3. The van der Waals surface area contributed by atoms with Crippen molar-refractivity contribution in [1.82, 2.24) is 5.32 Å². The van der Waals surface area contributed by atoms with Crippen LogP contribution < -0.4 is 14.8 Å². The number of nitrogens with one attached hydrogen (secondary N) is 1. The van der Waals surface area contributed by atoms with E-state index in [0.717, 1.165) is 5.56 Å². The first kappa shape index (κ1) is 20.6. The summed E-state index contributed by atoms with van der Waals surface area (Å²) in [6, 6.07) is 12.3. The van der Waals surface area contributed by atoms with Gasteiger partial charge in [-0.05, 0) is 47.9 Å². The van der Waals surface area contributed by atoms with Gasteiger partial charge in [0, 0.05) is 16.6 Å². The van der Waals surface area contributed by atoms with Gasteiger partial charge in [-0.3, -0.25) is 4.79 Å². The third kappa shape index (κ3) is 5.65.